The summed E-state index contributed by atoms with van der Waals surface area (Å²) in [6.45, 7) is 5.97. The molecule has 4 aromatic rings. The lowest BCUT2D eigenvalue weighted by Crippen LogP contribution is -2.40. The maximum absolute atomic E-state index is 13.6. The molecule has 198 valence electrons. The summed E-state index contributed by atoms with van der Waals surface area (Å²) in [5.41, 5.74) is 3.25. The third kappa shape index (κ3) is 5.80. The number of benzene rings is 3. The number of rotatable bonds is 10. The van der Waals surface area contributed by atoms with Crippen molar-refractivity contribution in [3.05, 3.63) is 84.2 Å². The maximum atomic E-state index is 13.6. The Bertz CT molecular complexity index is 1410. The van der Waals surface area contributed by atoms with Gasteiger partial charge in [-0.2, -0.15) is 0 Å². The Balaban J connectivity index is 1.57. The predicted molar refractivity (Wildman–Crippen MR) is 149 cm³/mol. The number of carbonyl (C=O) groups excluding carboxylic acids is 2. The summed E-state index contributed by atoms with van der Waals surface area (Å²) in [4.78, 5) is 33.2. The fourth-order valence-electron chi connectivity index (χ4n) is 4.65. The lowest BCUT2D eigenvalue weighted by atomic mass is 10.1. The average molecular weight is 515 g/mol. The van der Waals surface area contributed by atoms with E-state index in [1.807, 2.05) is 86.0 Å². The number of imidazole rings is 1. The van der Waals surface area contributed by atoms with E-state index in [2.05, 4.69) is 5.32 Å². The first-order valence-electron chi connectivity index (χ1n) is 12.6. The second kappa shape index (κ2) is 11.8. The van der Waals surface area contributed by atoms with E-state index in [1.54, 1.807) is 31.3 Å². The molecule has 1 unspecified atom stereocenters. The number of anilines is 1. The highest BCUT2D eigenvalue weighted by molar-refractivity contribution is 5.94. The Kier molecular flexibility index (Phi) is 8.31. The van der Waals surface area contributed by atoms with Crippen molar-refractivity contribution in [3.8, 4) is 11.5 Å². The van der Waals surface area contributed by atoms with Crippen molar-refractivity contribution in [2.24, 2.45) is 0 Å². The van der Waals surface area contributed by atoms with Crippen LogP contribution < -0.4 is 19.7 Å². The van der Waals surface area contributed by atoms with Gasteiger partial charge in [-0.1, -0.05) is 36.4 Å². The van der Waals surface area contributed by atoms with E-state index < -0.39 is 6.04 Å². The third-order valence-corrected chi connectivity index (χ3v) is 6.37. The van der Waals surface area contributed by atoms with Gasteiger partial charge in [0.2, 0.25) is 11.8 Å². The summed E-state index contributed by atoms with van der Waals surface area (Å²) >= 11 is 0. The molecule has 0 aliphatic carbocycles. The SMILES string of the molecule is COc1ccc(CC(=O)NC(C)c2nc3ccccc3n2CC(=O)N(c2ccccc2)C(C)C)cc1OC. The van der Waals surface area contributed by atoms with Crippen LogP contribution in [-0.4, -0.2) is 41.6 Å². The summed E-state index contributed by atoms with van der Waals surface area (Å²) in [6.07, 6.45) is 0.166. The average Bonchev–Trinajstić information content (AvgIpc) is 3.27. The van der Waals surface area contributed by atoms with Crippen LogP contribution in [0, 0.1) is 0 Å². The van der Waals surface area contributed by atoms with Crippen molar-refractivity contribution in [3.63, 3.8) is 0 Å². The van der Waals surface area contributed by atoms with Gasteiger partial charge in [-0.25, -0.2) is 4.98 Å². The van der Waals surface area contributed by atoms with Crippen molar-refractivity contribution in [2.45, 2.75) is 45.8 Å². The molecule has 0 saturated heterocycles. The van der Waals surface area contributed by atoms with Crippen LogP contribution in [0.15, 0.2) is 72.8 Å². The first-order chi connectivity index (χ1) is 18.3. The Morgan fingerprint density at radius 2 is 1.61 bits per heavy atom. The molecule has 8 nitrogen and oxygen atoms in total. The monoisotopic (exact) mass is 514 g/mol. The Morgan fingerprint density at radius 3 is 2.29 bits per heavy atom. The molecule has 2 amide bonds. The maximum Gasteiger partial charge on any atom is 0.247 e. The first kappa shape index (κ1) is 26.7. The van der Waals surface area contributed by atoms with Gasteiger partial charge in [0, 0.05) is 11.7 Å². The topological polar surface area (TPSA) is 85.7 Å². The number of aromatic nitrogens is 2. The number of para-hydroxylation sites is 3. The van der Waals surface area contributed by atoms with Gasteiger partial charge in [0.15, 0.2) is 11.5 Å². The van der Waals surface area contributed by atoms with Gasteiger partial charge in [0.25, 0.3) is 0 Å². The van der Waals surface area contributed by atoms with E-state index in [4.69, 9.17) is 14.5 Å². The molecular weight excluding hydrogens is 480 g/mol. The second-order valence-corrected chi connectivity index (χ2v) is 9.39. The van der Waals surface area contributed by atoms with E-state index in [0.717, 1.165) is 22.3 Å². The van der Waals surface area contributed by atoms with Gasteiger partial charge in [0.1, 0.15) is 12.4 Å². The zero-order valence-electron chi connectivity index (χ0n) is 22.5. The van der Waals surface area contributed by atoms with Crippen LogP contribution in [0.4, 0.5) is 5.69 Å². The minimum atomic E-state index is -0.424. The second-order valence-electron chi connectivity index (χ2n) is 9.39. The predicted octanol–water partition coefficient (Wildman–Crippen LogP) is 4.92. The van der Waals surface area contributed by atoms with Gasteiger partial charge < -0.3 is 24.3 Å². The minimum absolute atomic E-state index is 0.0262. The van der Waals surface area contributed by atoms with Crippen LogP contribution >= 0.6 is 0 Å². The Labute approximate surface area is 223 Å². The molecule has 0 spiro atoms. The molecule has 3 aromatic carbocycles. The fraction of sp³-hybridized carbons (Fsp3) is 0.300. The normalized spacial score (nSPS) is 11.8. The summed E-state index contributed by atoms with van der Waals surface area (Å²) in [6, 6.07) is 22.3. The van der Waals surface area contributed by atoms with Crippen molar-refractivity contribution in [1.29, 1.82) is 0 Å². The molecule has 38 heavy (non-hydrogen) atoms. The van der Waals surface area contributed by atoms with E-state index in [9.17, 15) is 9.59 Å². The molecule has 0 saturated carbocycles. The summed E-state index contributed by atoms with van der Waals surface area (Å²) in [5.74, 6) is 1.58. The number of ether oxygens (including phenoxy) is 2. The highest BCUT2D eigenvalue weighted by Crippen LogP contribution is 2.28. The van der Waals surface area contributed by atoms with Gasteiger partial charge in [-0.15, -0.1) is 0 Å². The van der Waals surface area contributed by atoms with Gasteiger partial charge in [-0.05, 0) is 62.7 Å². The number of hydrogen-bond donors (Lipinski definition) is 1. The molecule has 1 aromatic heterocycles. The van der Waals surface area contributed by atoms with Crippen molar-refractivity contribution in [1.82, 2.24) is 14.9 Å². The molecule has 0 aliphatic rings. The van der Waals surface area contributed by atoms with E-state index >= 15 is 0 Å². The fourth-order valence-corrected chi connectivity index (χ4v) is 4.65. The number of hydrogen-bond acceptors (Lipinski definition) is 5. The number of methoxy groups -OCH3 is 2. The summed E-state index contributed by atoms with van der Waals surface area (Å²) in [5, 5.41) is 3.05. The standard InChI is InChI=1S/C30H34N4O4/c1-20(2)34(23-11-7-6-8-12-23)29(36)19-33-25-14-10-9-13-24(25)32-30(33)21(3)31-28(35)18-22-15-16-26(37-4)27(17-22)38-5/h6-17,20-21H,18-19H2,1-5H3,(H,31,35). The highest BCUT2D eigenvalue weighted by atomic mass is 16.5. The van der Waals surface area contributed by atoms with Gasteiger partial charge in [-0.3, -0.25) is 9.59 Å². The van der Waals surface area contributed by atoms with E-state index in [0.29, 0.717) is 17.3 Å². The Morgan fingerprint density at radius 1 is 0.921 bits per heavy atom. The van der Waals surface area contributed by atoms with Gasteiger partial charge in [0.05, 0.1) is 37.7 Å². The van der Waals surface area contributed by atoms with Crippen LogP contribution in [0.25, 0.3) is 11.0 Å². The van der Waals surface area contributed by atoms with Crippen LogP contribution in [0.1, 0.15) is 38.2 Å². The van der Waals surface area contributed by atoms with Crippen molar-refractivity contribution >= 4 is 28.5 Å². The molecule has 1 heterocycles. The molecule has 0 radical (unpaired) electrons. The number of nitrogens with zero attached hydrogens (tertiary/aromatic N) is 3. The van der Waals surface area contributed by atoms with E-state index in [1.165, 1.54) is 0 Å². The number of fused-ring (bicyclic) bond motifs is 1. The quantitative estimate of drug-likeness (QED) is 0.325. The van der Waals surface area contributed by atoms with Crippen molar-refractivity contribution in [2.75, 3.05) is 19.1 Å². The van der Waals surface area contributed by atoms with Crippen LogP contribution in [-0.2, 0) is 22.6 Å². The molecule has 4 rings (SSSR count). The summed E-state index contributed by atoms with van der Waals surface area (Å²) < 4.78 is 12.5. The minimum Gasteiger partial charge on any atom is -0.493 e. The number of amides is 2. The summed E-state index contributed by atoms with van der Waals surface area (Å²) in [7, 11) is 3.14. The molecule has 1 N–H and O–H groups in total. The molecule has 0 fully saturated rings. The zero-order chi connectivity index (χ0) is 27.2. The lowest BCUT2D eigenvalue weighted by Gasteiger charge is -2.28. The van der Waals surface area contributed by atoms with Crippen LogP contribution in [0.3, 0.4) is 0 Å². The Hall–Kier alpha value is -4.33. The molecule has 0 aliphatic heterocycles. The van der Waals surface area contributed by atoms with Crippen LogP contribution in [0.2, 0.25) is 0 Å². The first-order valence-corrected chi connectivity index (χ1v) is 12.6. The van der Waals surface area contributed by atoms with Gasteiger partial charge >= 0.3 is 0 Å². The highest BCUT2D eigenvalue weighted by Gasteiger charge is 2.24. The smallest absolute Gasteiger partial charge is 0.247 e. The van der Waals surface area contributed by atoms with E-state index in [-0.39, 0.29) is 30.8 Å². The molecular formula is C30H34N4O4. The molecule has 0 bridgehead atoms. The number of carbonyl (C=O) groups is 2. The van der Waals surface area contributed by atoms with Crippen molar-refractivity contribution < 1.29 is 19.1 Å². The zero-order valence-corrected chi connectivity index (χ0v) is 22.5. The lowest BCUT2D eigenvalue weighted by molar-refractivity contribution is -0.121. The van der Waals surface area contributed by atoms with Crippen LogP contribution in [0.5, 0.6) is 11.5 Å². The third-order valence-electron chi connectivity index (χ3n) is 6.37. The largest absolute Gasteiger partial charge is 0.493 e. The number of nitrogens with one attached hydrogen (secondary N) is 1. The molecule has 8 heteroatoms. The molecule has 1 atom stereocenters.